The van der Waals surface area contributed by atoms with Crippen LogP contribution in [0.4, 0.5) is 4.39 Å². The van der Waals surface area contributed by atoms with Crippen LogP contribution in [0.25, 0.3) is 11.0 Å². The molecule has 3 aliphatic heterocycles. The first kappa shape index (κ1) is 22.2. The van der Waals surface area contributed by atoms with Crippen molar-refractivity contribution >= 4 is 16.7 Å². The third-order valence-electron chi connectivity index (χ3n) is 6.90. The first-order chi connectivity index (χ1) is 16.1. The van der Waals surface area contributed by atoms with Crippen LogP contribution >= 0.6 is 0 Å². The normalized spacial score (nSPS) is 25.8. The molecule has 0 bridgehead atoms. The second-order valence-electron chi connectivity index (χ2n) is 9.14. The van der Waals surface area contributed by atoms with Crippen molar-refractivity contribution in [3.63, 3.8) is 0 Å². The van der Waals surface area contributed by atoms with Crippen LogP contribution in [0.3, 0.4) is 0 Å². The molecule has 5 heterocycles. The molecule has 1 unspecified atom stereocenters. The van der Waals surface area contributed by atoms with Gasteiger partial charge in [-0.05, 0) is 38.3 Å². The number of fused-ring (bicyclic) bond motifs is 2. The smallest absolute Gasteiger partial charge is 0.251 e. The summed E-state index contributed by atoms with van der Waals surface area (Å²) in [6.07, 6.45) is 6.48. The zero-order valence-corrected chi connectivity index (χ0v) is 18.6. The summed E-state index contributed by atoms with van der Waals surface area (Å²) in [6, 6.07) is 4.43. The quantitative estimate of drug-likeness (QED) is 0.689. The molecule has 2 fully saturated rings. The number of aliphatic hydroxyl groups excluding tert-OH is 1. The number of likely N-dealkylation sites (tertiary alicyclic amines) is 1. The molecule has 0 aliphatic carbocycles. The van der Waals surface area contributed by atoms with E-state index in [4.69, 9.17) is 4.74 Å². The third-order valence-corrected chi connectivity index (χ3v) is 6.90. The van der Waals surface area contributed by atoms with Gasteiger partial charge in [0.05, 0.1) is 36.1 Å². The molecule has 2 aromatic heterocycles. The number of aliphatic hydroxyl groups is 1. The minimum absolute atomic E-state index is 0.00973. The van der Waals surface area contributed by atoms with Crippen LogP contribution in [0.2, 0.25) is 0 Å². The van der Waals surface area contributed by atoms with Gasteiger partial charge in [0.15, 0.2) is 0 Å². The Kier molecular flexibility index (Phi) is 6.52. The van der Waals surface area contributed by atoms with E-state index in [0.717, 1.165) is 56.5 Å². The topological polar surface area (TPSA) is 92.0 Å². The number of β-amino-alcohol motifs (C(OH)–C–C–N with tert-alkyl or cyclic N) is 1. The zero-order chi connectivity index (χ0) is 22.8. The Hall–Kier alpha value is -2.62. The Morgan fingerprint density at radius 1 is 1.27 bits per heavy atom. The van der Waals surface area contributed by atoms with Gasteiger partial charge in [0.1, 0.15) is 11.6 Å². The molecule has 3 aliphatic rings. The van der Waals surface area contributed by atoms with Crippen LogP contribution in [0.15, 0.2) is 46.1 Å². The maximum Gasteiger partial charge on any atom is 0.251 e. The summed E-state index contributed by atoms with van der Waals surface area (Å²) >= 11 is 0. The van der Waals surface area contributed by atoms with Crippen LogP contribution in [-0.4, -0.2) is 70.2 Å². The van der Waals surface area contributed by atoms with Crippen LogP contribution in [0, 0.1) is 11.7 Å². The molecule has 2 N–H and O–H groups in total. The molecule has 0 saturated carbocycles. The maximum absolute atomic E-state index is 13.7. The van der Waals surface area contributed by atoms with Gasteiger partial charge >= 0.3 is 0 Å². The minimum atomic E-state index is -0.504. The molecule has 0 aromatic carbocycles. The molecule has 33 heavy (non-hydrogen) atoms. The molecule has 0 spiro atoms. The van der Waals surface area contributed by atoms with Crippen molar-refractivity contribution in [2.45, 2.75) is 44.4 Å². The van der Waals surface area contributed by atoms with E-state index in [2.05, 4.69) is 20.2 Å². The molecule has 9 heteroatoms. The maximum atomic E-state index is 13.7. The van der Waals surface area contributed by atoms with Crippen molar-refractivity contribution < 1.29 is 14.2 Å². The number of pyridine rings is 2. The Morgan fingerprint density at radius 3 is 3.06 bits per heavy atom. The second kappa shape index (κ2) is 9.70. The van der Waals surface area contributed by atoms with Gasteiger partial charge < -0.3 is 19.7 Å². The lowest BCUT2D eigenvalue weighted by Gasteiger charge is -2.37. The van der Waals surface area contributed by atoms with Crippen molar-refractivity contribution in [3.8, 4) is 0 Å². The summed E-state index contributed by atoms with van der Waals surface area (Å²) in [7, 11) is 0. The summed E-state index contributed by atoms with van der Waals surface area (Å²) in [5.74, 6) is 0.998. The number of hydrogen-bond donors (Lipinski definition) is 2. The number of ether oxygens (including phenoxy) is 1. The summed E-state index contributed by atoms with van der Waals surface area (Å²) in [6.45, 7) is 3.82. The average Bonchev–Trinajstić information content (AvgIpc) is 2.82. The number of aliphatic imine (C=N–C) groups is 1. The Labute approximate surface area is 191 Å². The highest BCUT2D eigenvalue weighted by atomic mass is 19.1. The monoisotopic (exact) mass is 455 g/mol. The van der Waals surface area contributed by atoms with Gasteiger partial charge in [-0.15, -0.1) is 0 Å². The second-order valence-corrected chi connectivity index (χ2v) is 9.14. The van der Waals surface area contributed by atoms with E-state index in [-0.39, 0.29) is 11.6 Å². The summed E-state index contributed by atoms with van der Waals surface area (Å²) < 4.78 is 20.9. The van der Waals surface area contributed by atoms with Crippen LogP contribution in [0.1, 0.15) is 25.7 Å². The molecule has 176 valence electrons. The summed E-state index contributed by atoms with van der Waals surface area (Å²) in [5, 5.41) is 14.2. The highest BCUT2D eigenvalue weighted by Crippen LogP contribution is 2.30. The molecule has 0 amide bonds. The number of allylic oxidation sites excluding steroid dienone is 1. The van der Waals surface area contributed by atoms with E-state index in [1.54, 1.807) is 10.6 Å². The fraction of sp³-hybridized carbons (Fsp3) is 0.542. The number of hydrogen-bond acceptors (Lipinski definition) is 7. The average molecular weight is 456 g/mol. The van der Waals surface area contributed by atoms with E-state index in [1.807, 2.05) is 6.20 Å². The number of nitrogens with one attached hydrogen (secondary N) is 1. The van der Waals surface area contributed by atoms with Crippen LogP contribution in [-0.2, 0) is 11.3 Å². The van der Waals surface area contributed by atoms with Crippen LogP contribution in [0.5, 0.6) is 0 Å². The van der Waals surface area contributed by atoms with E-state index in [1.165, 1.54) is 12.1 Å². The fourth-order valence-electron chi connectivity index (χ4n) is 5.04. The number of piperidine rings is 1. The molecule has 3 atom stereocenters. The Bertz CT molecular complexity index is 1130. The lowest BCUT2D eigenvalue weighted by molar-refractivity contribution is 0.0407. The molecule has 5 rings (SSSR count). The predicted molar refractivity (Wildman–Crippen MR) is 124 cm³/mol. The fourth-order valence-corrected chi connectivity index (χ4v) is 5.04. The largest absolute Gasteiger partial charge is 0.496 e. The predicted octanol–water partition coefficient (Wildman–Crippen LogP) is 1.67. The standard InChI is InChI=1S/C24H30FN5O3/c25-17-11-21-19(27-12-17)3-4-24(32)30(21)8-7-29-6-5-20(22(31)15-29)28-13-18-10-16-2-1-9-33-23(16)14-26-18/h3-4,11-12,14,16,20,22,28,31H,1-2,5-10,13,15H2/t16?,20-,22+/m0/s1. The van der Waals surface area contributed by atoms with Gasteiger partial charge in [0, 0.05) is 56.0 Å². The lowest BCUT2D eigenvalue weighted by atomic mass is 9.91. The minimum Gasteiger partial charge on any atom is -0.496 e. The molecule has 8 nitrogen and oxygen atoms in total. The van der Waals surface area contributed by atoms with Gasteiger partial charge in [0.25, 0.3) is 5.56 Å². The van der Waals surface area contributed by atoms with Crippen molar-refractivity contribution in [1.29, 1.82) is 0 Å². The van der Waals surface area contributed by atoms with Gasteiger partial charge in [-0.2, -0.15) is 0 Å². The Morgan fingerprint density at radius 2 is 2.18 bits per heavy atom. The van der Waals surface area contributed by atoms with E-state index < -0.39 is 11.9 Å². The number of halogens is 1. The number of rotatable bonds is 6. The van der Waals surface area contributed by atoms with Crippen molar-refractivity contribution in [3.05, 3.63) is 52.5 Å². The van der Waals surface area contributed by atoms with Crippen molar-refractivity contribution in [2.75, 3.05) is 32.8 Å². The first-order valence-corrected chi connectivity index (χ1v) is 11.7. The Balaban J connectivity index is 1.14. The molecular weight excluding hydrogens is 425 g/mol. The molecule has 0 radical (unpaired) electrons. The lowest BCUT2D eigenvalue weighted by Crippen LogP contribution is -2.54. The van der Waals surface area contributed by atoms with Gasteiger partial charge in [-0.1, -0.05) is 0 Å². The highest BCUT2D eigenvalue weighted by molar-refractivity contribution is 5.88. The SMILES string of the molecule is O=c1ccc2ncc(F)cc2n1CCN1CC[C@H](NCC2=NC=C3OCCCC3C2)[C@H](O)C1. The van der Waals surface area contributed by atoms with Crippen molar-refractivity contribution in [2.24, 2.45) is 10.9 Å². The third kappa shape index (κ3) is 5.00. The van der Waals surface area contributed by atoms with Gasteiger partial charge in [-0.3, -0.25) is 19.7 Å². The van der Waals surface area contributed by atoms with Crippen molar-refractivity contribution in [1.82, 2.24) is 19.8 Å². The summed E-state index contributed by atoms with van der Waals surface area (Å²) in [4.78, 5) is 23.1. The molecule has 2 saturated heterocycles. The van der Waals surface area contributed by atoms with Gasteiger partial charge in [0.2, 0.25) is 0 Å². The molecular formula is C24H30FN5O3. The van der Waals surface area contributed by atoms with E-state index >= 15 is 0 Å². The van der Waals surface area contributed by atoms with E-state index in [9.17, 15) is 14.3 Å². The number of aromatic nitrogens is 2. The highest BCUT2D eigenvalue weighted by Gasteiger charge is 2.29. The van der Waals surface area contributed by atoms with E-state index in [0.29, 0.717) is 43.1 Å². The first-order valence-electron chi connectivity index (χ1n) is 11.7. The summed E-state index contributed by atoms with van der Waals surface area (Å²) in [5.41, 5.74) is 2.01. The zero-order valence-electron chi connectivity index (χ0n) is 18.6. The van der Waals surface area contributed by atoms with Gasteiger partial charge in [-0.25, -0.2) is 4.39 Å². The molecule has 2 aromatic rings. The van der Waals surface area contributed by atoms with Crippen LogP contribution < -0.4 is 10.9 Å². The number of nitrogens with zero attached hydrogens (tertiary/aromatic N) is 4.